The number of rotatable bonds is 7. The van der Waals surface area contributed by atoms with Crippen LogP contribution in [0.5, 0.6) is 11.5 Å². The van der Waals surface area contributed by atoms with E-state index in [1.807, 2.05) is 62.9 Å². The Morgan fingerprint density at radius 2 is 1.47 bits per heavy atom. The summed E-state index contributed by atoms with van der Waals surface area (Å²) in [4.78, 5) is 63.0. The minimum absolute atomic E-state index is 0.0876. The van der Waals surface area contributed by atoms with Gasteiger partial charge in [0.2, 0.25) is 11.9 Å². The van der Waals surface area contributed by atoms with Crippen LogP contribution in [0, 0.1) is 0 Å². The minimum Gasteiger partial charge on any atom is -0.457 e. The maximum Gasteiger partial charge on any atom is 0.332 e. The number of halogens is 1. The number of carbonyl (C=O) groups is 2. The normalized spacial score (nSPS) is 17.2. The third kappa shape index (κ3) is 5.49. The molecular formula is C34H32ClN7O5. The zero-order valence-corrected chi connectivity index (χ0v) is 26.6. The number of hydrogen-bond donors (Lipinski definition) is 0. The first-order valence-corrected chi connectivity index (χ1v) is 15.7. The summed E-state index contributed by atoms with van der Waals surface area (Å²) in [6.45, 7) is 2.24. The molecule has 7 rings (SSSR count). The van der Waals surface area contributed by atoms with Crippen molar-refractivity contribution in [3.05, 3.63) is 110 Å². The summed E-state index contributed by atoms with van der Waals surface area (Å²) in [7, 11) is 3.04. The molecule has 0 N–H and O–H groups in total. The van der Waals surface area contributed by atoms with E-state index in [1.54, 1.807) is 37.4 Å². The first-order chi connectivity index (χ1) is 22.7. The summed E-state index contributed by atoms with van der Waals surface area (Å²) in [6, 6.07) is 23.1. The van der Waals surface area contributed by atoms with Crippen molar-refractivity contribution in [3.63, 3.8) is 0 Å². The third-order valence-electron chi connectivity index (χ3n) is 8.85. The lowest BCUT2D eigenvalue weighted by Crippen LogP contribution is -2.53. The van der Waals surface area contributed by atoms with Crippen molar-refractivity contribution in [1.82, 2.24) is 23.6 Å². The molecular weight excluding hydrogens is 622 g/mol. The van der Waals surface area contributed by atoms with Crippen molar-refractivity contribution in [2.75, 3.05) is 36.0 Å². The second-order valence-corrected chi connectivity index (χ2v) is 12.1. The zero-order chi connectivity index (χ0) is 32.8. The molecule has 2 fully saturated rings. The molecule has 13 heteroatoms. The molecule has 2 amide bonds. The lowest BCUT2D eigenvalue weighted by molar-refractivity contribution is -0.123. The van der Waals surface area contributed by atoms with Crippen molar-refractivity contribution < 1.29 is 14.3 Å². The Bertz CT molecular complexity index is 2120. The lowest BCUT2D eigenvalue weighted by Gasteiger charge is -2.37. The number of benzene rings is 3. The third-order valence-corrected chi connectivity index (χ3v) is 9.22. The van der Waals surface area contributed by atoms with Crippen molar-refractivity contribution in [2.24, 2.45) is 14.1 Å². The number of ether oxygens (including phenoxy) is 1. The molecule has 2 aromatic heterocycles. The Kier molecular flexibility index (Phi) is 7.90. The highest BCUT2D eigenvalue weighted by molar-refractivity contribution is 6.31. The number of aryl methyl sites for hydroxylation is 1. The fourth-order valence-electron chi connectivity index (χ4n) is 6.32. The van der Waals surface area contributed by atoms with E-state index in [1.165, 1.54) is 16.5 Å². The van der Waals surface area contributed by atoms with Crippen LogP contribution in [-0.2, 0) is 30.2 Å². The van der Waals surface area contributed by atoms with Crippen molar-refractivity contribution in [1.29, 1.82) is 0 Å². The smallest absolute Gasteiger partial charge is 0.332 e. The topological polar surface area (TPSA) is 115 Å². The minimum atomic E-state index is -0.583. The molecule has 0 radical (unpaired) electrons. The van der Waals surface area contributed by atoms with E-state index in [4.69, 9.17) is 21.3 Å². The first-order valence-electron chi connectivity index (χ1n) is 15.3. The Hall–Kier alpha value is -5.20. The van der Waals surface area contributed by atoms with Gasteiger partial charge in [-0.1, -0.05) is 48.0 Å². The predicted octanol–water partition coefficient (Wildman–Crippen LogP) is 3.38. The molecule has 2 saturated heterocycles. The van der Waals surface area contributed by atoms with Gasteiger partial charge in [0.15, 0.2) is 11.2 Å². The van der Waals surface area contributed by atoms with Crippen molar-refractivity contribution in [2.45, 2.75) is 19.0 Å². The Morgan fingerprint density at radius 1 is 0.809 bits per heavy atom. The van der Waals surface area contributed by atoms with E-state index in [0.29, 0.717) is 59.9 Å². The Balaban J connectivity index is 1.10. The Labute approximate surface area is 274 Å². The van der Waals surface area contributed by atoms with Gasteiger partial charge in [-0.25, -0.2) is 9.69 Å². The van der Waals surface area contributed by atoms with Crippen LogP contribution in [0.4, 0.5) is 11.6 Å². The number of fused-ring (bicyclic) bond motifs is 1. The quantitative estimate of drug-likeness (QED) is 0.246. The summed E-state index contributed by atoms with van der Waals surface area (Å²) in [5, 5.41) is 0.555. The molecule has 1 atom stereocenters. The largest absolute Gasteiger partial charge is 0.457 e. The molecule has 5 aromatic rings. The molecule has 47 heavy (non-hydrogen) atoms. The van der Waals surface area contributed by atoms with Crippen LogP contribution in [0.3, 0.4) is 0 Å². The van der Waals surface area contributed by atoms with Crippen LogP contribution in [0.1, 0.15) is 12.0 Å². The van der Waals surface area contributed by atoms with Gasteiger partial charge in [-0.15, -0.1) is 0 Å². The average molecular weight is 654 g/mol. The number of carbonyl (C=O) groups excluding carboxylic acids is 2. The number of amides is 2. The van der Waals surface area contributed by atoms with Crippen LogP contribution in [0.15, 0.2) is 88.5 Å². The van der Waals surface area contributed by atoms with Crippen molar-refractivity contribution in [3.8, 4) is 11.5 Å². The molecule has 4 heterocycles. The van der Waals surface area contributed by atoms with Gasteiger partial charge in [0.25, 0.3) is 11.5 Å². The number of imide groups is 1. The molecule has 0 spiro atoms. The van der Waals surface area contributed by atoms with E-state index < -0.39 is 17.3 Å². The second-order valence-electron chi connectivity index (χ2n) is 11.7. The van der Waals surface area contributed by atoms with Crippen LogP contribution < -0.4 is 25.8 Å². The van der Waals surface area contributed by atoms with Crippen LogP contribution in [-0.4, -0.2) is 67.6 Å². The Morgan fingerprint density at radius 3 is 2.17 bits per heavy atom. The highest BCUT2D eigenvalue weighted by Gasteiger charge is 2.43. The standard InChI is InChI=1S/C34H32ClN7O5/c1-37-30-29(32(45)38(2)34(37)46)41(21-22-8-6-7-11-26(22)35)33(36-30)40-18-16-39(17-19-40)27-20-28(43)42(31(27)44)23-12-14-25(15-13-23)47-24-9-4-3-5-10-24/h3-15,27H,16-21H2,1-2H3. The SMILES string of the molecule is Cn1c(=O)c2c(nc(N3CCN(C4CC(=O)N(c5ccc(Oc6ccccc6)cc5)C4=O)CC3)n2Cc2ccccc2Cl)n(C)c1=O. The van der Waals surface area contributed by atoms with E-state index in [-0.39, 0.29) is 30.4 Å². The molecule has 2 aliphatic rings. The maximum absolute atomic E-state index is 13.6. The van der Waals surface area contributed by atoms with Crippen molar-refractivity contribution >= 4 is 46.2 Å². The molecule has 0 saturated carbocycles. The fourth-order valence-corrected chi connectivity index (χ4v) is 6.51. The lowest BCUT2D eigenvalue weighted by atomic mass is 10.1. The van der Waals surface area contributed by atoms with E-state index in [9.17, 15) is 19.2 Å². The number of imidazole rings is 1. The summed E-state index contributed by atoms with van der Waals surface area (Å²) >= 11 is 6.51. The van der Waals surface area contributed by atoms with Gasteiger partial charge in [-0.2, -0.15) is 4.98 Å². The number of aromatic nitrogens is 4. The maximum atomic E-state index is 13.6. The molecule has 12 nitrogen and oxygen atoms in total. The molecule has 1 unspecified atom stereocenters. The van der Waals surface area contributed by atoms with E-state index >= 15 is 0 Å². The summed E-state index contributed by atoms with van der Waals surface area (Å²) < 4.78 is 10.1. The van der Waals surface area contributed by atoms with Gasteiger partial charge in [-0.05, 0) is 48.0 Å². The first kappa shape index (κ1) is 30.5. The predicted molar refractivity (Wildman–Crippen MR) is 178 cm³/mol. The number of nitrogens with zero attached hydrogens (tertiary/aromatic N) is 7. The summed E-state index contributed by atoms with van der Waals surface area (Å²) in [5.41, 5.74) is 0.992. The molecule has 2 aliphatic heterocycles. The van der Waals surface area contributed by atoms with Gasteiger partial charge < -0.3 is 9.64 Å². The highest BCUT2D eigenvalue weighted by atomic mass is 35.5. The van der Waals surface area contributed by atoms with Gasteiger partial charge >= 0.3 is 5.69 Å². The van der Waals surface area contributed by atoms with Gasteiger partial charge in [0, 0.05) is 45.3 Å². The van der Waals surface area contributed by atoms with Crippen LogP contribution in [0.25, 0.3) is 11.2 Å². The van der Waals surface area contributed by atoms with E-state index in [0.717, 1.165) is 10.1 Å². The van der Waals surface area contributed by atoms with Crippen LogP contribution >= 0.6 is 11.6 Å². The van der Waals surface area contributed by atoms with Gasteiger partial charge in [0.1, 0.15) is 11.5 Å². The van der Waals surface area contributed by atoms with Crippen LogP contribution in [0.2, 0.25) is 5.02 Å². The monoisotopic (exact) mass is 653 g/mol. The summed E-state index contributed by atoms with van der Waals surface area (Å²) in [5.74, 6) is 1.32. The number of anilines is 2. The fraction of sp³-hybridized carbons (Fsp3) is 0.265. The molecule has 0 aliphatic carbocycles. The van der Waals surface area contributed by atoms with Gasteiger partial charge in [0.05, 0.1) is 24.7 Å². The molecule has 0 bridgehead atoms. The zero-order valence-electron chi connectivity index (χ0n) is 25.9. The molecule has 240 valence electrons. The molecule has 3 aromatic carbocycles. The summed E-state index contributed by atoms with van der Waals surface area (Å²) in [6.07, 6.45) is 0.0876. The number of hydrogen-bond acceptors (Lipinski definition) is 8. The van der Waals surface area contributed by atoms with Gasteiger partial charge in [-0.3, -0.25) is 33.0 Å². The highest BCUT2D eigenvalue weighted by Crippen LogP contribution is 2.31. The average Bonchev–Trinajstić information content (AvgIpc) is 3.61. The second kappa shape index (κ2) is 12.2. The number of piperazine rings is 1. The van der Waals surface area contributed by atoms with E-state index in [2.05, 4.69) is 0 Å². The number of para-hydroxylation sites is 1.